The van der Waals surface area contributed by atoms with Gasteiger partial charge in [-0.2, -0.15) is 35.7 Å². The summed E-state index contributed by atoms with van der Waals surface area (Å²) in [5.74, 6) is 30.4. The molecule has 0 bridgehead atoms. The minimum absolute atomic E-state index is 0.660. The van der Waals surface area contributed by atoms with Crippen LogP contribution in [0.25, 0.3) is 0 Å². The van der Waals surface area contributed by atoms with E-state index in [9.17, 15) is 4.21 Å². The van der Waals surface area contributed by atoms with E-state index in [1.807, 2.05) is 120 Å². The van der Waals surface area contributed by atoms with Crippen LogP contribution in [0.15, 0.2) is 143 Å². The van der Waals surface area contributed by atoms with Crippen LogP contribution in [0.2, 0.25) is 0 Å². The van der Waals surface area contributed by atoms with E-state index in [0.717, 1.165) is 60.6 Å². The van der Waals surface area contributed by atoms with E-state index in [-0.39, 0.29) is 0 Å². The summed E-state index contributed by atoms with van der Waals surface area (Å²) in [7, 11) is 0.618. The lowest BCUT2D eigenvalue weighted by molar-refractivity contribution is 0.683. The van der Waals surface area contributed by atoms with Gasteiger partial charge in [-0.3, -0.25) is 0 Å². The molecule has 0 spiro atoms. The van der Waals surface area contributed by atoms with Crippen molar-refractivity contribution < 1.29 is 4.21 Å². The number of hydrogen-bond acceptors (Lipinski definition) is 16. The highest BCUT2D eigenvalue weighted by atomic mass is 32.2. The number of nitrogens with zero attached hydrogens (tertiary/aromatic N) is 7. The smallest absolute Gasteiger partial charge is 0.0851 e. The van der Waals surface area contributed by atoms with Crippen molar-refractivity contribution >= 4 is 57.5 Å². The van der Waals surface area contributed by atoms with Gasteiger partial charge in [0, 0.05) is 40.4 Å². The second kappa shape index (κ2) is 25.2. The Kier molecular flexibility index (Phi) is 21.1. The van der Waals surface area contributed by atoms with Gasteiger partial charge in [0.05, 0.1) is 40.3 Å². The van der Waals surface area contributed by atoms with Crippen LogP contribution < -0.4 is 40.4 Å². The van der Waals surface area contributed by atoms with Gasteiger partial charge in [-0.1, -0.05) is 48.5 Å². The van der Waals surface area contributed by atoms with E-state index in [0.29, 0.717) is 12.1 Å². The number of rotatable bonds is 10. The lowest BCUT2D eigenvalue weighted by Gasteiger charge is -2.05. The molecule has 280 valence electrons. The van der Waals surface area contributed by atoms with Gasteiger partial charge in [0.1, 0.15) is 0 Å². The molecule has 0 atom stereocenters. The number of nitrogens with two attached hydrogens (primary N) is 6. The van der Waals surface area contributed by atoms with E-state index in [1.165, 1.54) is 0 Å². The molecular formula is C36H49N15OS. The number of nitrogens with one attached hydrogen (secondary N) is 2. The lowest BCUT2D eigenvalue weighted by atomic mass is 10.1. The summed E-state index contributed by atoms with van der Waals surface area (Å²) in [6.45, 7) is 7.31. The number of hydrogen-bond donors (Lipinski definition) is 8. The molecule has 0 saturated heterocycles. The SMILES string of the molecule is C/C(=N/N)c1ccc(S(=O)c2ccc(/C(C)=N\N)cc2)cc1.C/C(C/C(C)=N/N)=N/N.CNc1ccc(N=N)cc1.N/N=C/c1ccc(/C=N/N)cc1. The molecule has 0 saturated carbocycles. The molecule has 0 aliphatic rings. The number of hydrazone groups is 6. The molecule has 0 radical (unpaired) electrons. The molecule has 0 fully saturated rings. The van der Waals surface area contributed by atoms with Crippen LogP contribution in [-0.2, 0) is 10.8 Å². The van der Waals surface area contributed by atoms with Crippen molar-refractivity contribution in [3.8, 4) is 0 Å². The molecule has 16 nitrogen and oxygen atoms in total. The molecule has 0 aliphatic heterocycles. The van der Waals surface area contributed by atoms with Crippen LogP contribution in [-0.4, -0.2) is 46.5 Å². The standard InChI is InChI=1S/C16H18N4OS.C8H10N4.C7H9N3.C5H12N4/c1-11(19-17)13-3-7-15(8-4-13)22(21)16-9-5-14(6-10-16)12(2)20-18;9-11-5-7-1-2-8(4-3-7)6-12-10;1-9-6-2-4-7(10-8)5-3-6;1-4(8-6)3-5(2)9-7/h3-10H,17-18H2,1-2H3;1-6H,9-10H2;2-5,8-9H,1H3;3,6-7H2,1-2H3/b19-11-,20-12-;11-5+,12-6+;;8-4-,9-5+. The predicted octanol–water partition coefficient (Wildman–Crippen LogP) is 4.93. The average molecular weight is 740 g/mol. The van der Waals surface area contributed by atoms with Gasteiger partial charge in [0.15, 0.2) is 0 Å². The quantitative estimate of drug-likeness (QED) is 0.0476. The molecule has 0 amide bonds. The molecule has 0 unspecified atom stereocenters. The molecule has 53 heavy (non-hydrogen) atoms. The Balaban J connectivity index is 0.000000384. The average Bonchev–Trinajstić information content (AvgIpc) is 3.21. The molecule has 0 heterocycles. The van der Waals surface area contributed by atoms with Crippen molar-refractivity contribution in [2.24, 2.45) is 70.8 Å². The first-order valence-corrected chi connectivity index (χ1v) is 17.0. The lowest BCUT2D eigenvalue weighted by Crippen LogP contribution is -2.05. The summed E-state index contributed by atoms with van der Waals surface area (Å²) >= 11 is 0. The third kappa shape index (κ3) is 16.7. The second-order valence-electron chi connectivity index (χ2n) is 10.8. The minimum Gasteiger partial charge on any atom is -0.388 e. The second-order valence-corrected chi connectivity index (χ2v) is 12.3. The zero-order valence-corrected chi connectivity index (χ0v) is 31.3. The maximum Gasteiger partial charge on any atom is 0.0851 e. The van der Waals surface area contributed by atoms with Gasteiger partial charge in [-0.25, -0.2) is 9.74 Å². The van der Waals surface area contributed by atoms with Crippen molar-refractivity contribution in [2.75, 3.05) is 12.4 Å². The Hall–Kier alpha value is -6.75. The minimum atomic E-state index is -1.24. The Morgan fingerprint density at radius 3 is 1.26 bits per heavy atom. The van der Waals surface area contributed by atoms with Gasteiger partial charge in [0.25, 0.3) is 0 Å². The van der Waals surface area contributed by atoms with E-state index < -0.39 is 10.8 Å². The van der Waals surface area contributed by atoms with E-state index in [2.05, 4.69) is 41.0 Å². The molecule has 14 N–H and O–H groups in total. The molecule has 0 aromatic heterocycles. The first kappa shape index (κ1) is 44.3. The summed E-state index contributed by atoms with van der Waals surface area (Å²) < 4.78 is 12.5. The highest BCUT2D eigenvalue weighted by Gasteiger charge is 2.08. The van der Waals surface area contributed by atoms with Crippen molar-refractivity contribution in [1.82, 2.24) is 0 Å². The first-order valence-electron chi connectivity index (χ1n) is 15.8. The van der Waals surface area contributed by atoms with E-state index in [4.69, 9.17) is 40.6 Å². The summed E-state index contributed by atoms with van der Waals surface area (Å²) in [5.41, 5.74) is 15.3. The normalized spacial score (nSPS) is 12.4. The summed E-state index contributed by atoms with van der Waals surface area (Å²) in [5, 5.41) is 27.2. The van der Waals surface area contributed by atoms with Crippen LogP contribution in [0.3, 0.4) is 0 Å². The largest absolute Gasteiger partial charge is 0.388 e. The fourth-order valence-corrected chi connectivity index (χ4v) is 4.97. The fraction of sp³-hybridized carbons (Fsp3) is 0.167. The molecule has 17 heteroatoms. The zero-order valence-electron chi connectivity index (χ0n) is 30.5. The Bertz CT molecular complexity index is 1770. The first-order chi connectivity index (χ1) is 25.5. The van der Waals surface area contributed by atoms with E-state index >= 15 is 0 Å². The summed E-state index contributed by atoms with van der Waals surface area (Å²) in [4.78, 5) is 1.45. The highest BCUT2D eigenvalue weighted by molar-refractivity contribution is 7.85. The van der Waals surface area contributed by atoms with Crippen LogP contribution in [0.4, 0.5) is 11.4 Å². The van der Waals surface area contributed by atoms with Gasteiger partial charge in [0.2, 0.25) is 0 Å². The van der Waals surface area contributed by atoms with Gasteiger partial charge < -0.3 is 40.4 Å². The maximum atomic E-state index is 12.5. The van der Waals surface area contributed by atoms with Gasteiger partial charge in [-0.15, -0.1) is 0 Å². The van der Waals surface area contributed by atoms with Gasteiger partial charge >= 0.3 is 0 Å². The molecule has 4 aromatic carbocycles. The number of benzene rings is 4. The monoisotopic (exact) mass is 739 g/mol. The molecular weight excluding hydrogens is 691 g/mol. The van der Waals surface area contributed by atoms with Crippen LogP contribution >= 0.6 is 0 Å². The third-order valence-corrected chi connectivity index (χ3v) is 8.38. The van der Waals surface area contributed by atoms with Crippen LogP contribution in [0.5, 0.6) is 0 Å². The van der Waals surface area contributed by atoms with Crippen molar-refractivity contribution in [1.29, 1.82) is 5.53 Å². The van der Waals surface area contributed by atoms with E-state index in [1.54, 1.807) is 24.6 Å². The predicted molar refractivity (Wildman–Crippen MR) is 220 cm³/mol. The van der Waals surface area contributed by atoms with Crippen LogP contribution in [0.1, 0.15) is 56.4 Å². The topological polar surface area (TPSA) is 296 Å². The third-order valence-electron chi connectivity index (χ3n) is 6.98. The fourth-order valence-electron chi connectivity index (χ4n) is 3.93. The summed E-state index contributed by atoms with van der Waals surface area (Å²) in [6, 6.07) is 29.6. The van der Waals surface area contributed by atoms with Crippen molar-refractivity contribution in [2.45, 2.75) is 43.9 Å². The number of anilines is 1. The molecule has 0 aliphatic carbocycles. The van der Waals surface area contributed by atoms with Crippen LogP contribution in [0, 0.1) is 5.53 Å². The van der Waals surface area contributed by atoms with Crippen molar-refractivity contribution in [3.63, 3.8) is 0 Å². The molecule has 4 rings (SSSR count). The van der Waals surface area contributed by atoms with Gasteiger partial charge in [-0.05, 0) is 98.5 Å². The highest BCUT2D eigenvalue weighted by Crippen LogP contribution is 2.18. The maximum absolute atomic E-state index is 12.5. The molecule has 4 aromatic rings. The zero-order chi connectivity index (χ0) is 39.6. The Morgan fingerprint density at radius 1 is 0.604 bits per heavy atom. The summed E-state index contributed by atoms with van der Waals surface area (Å²) in [6.07, 6.45) is 3.81. The Morgan fingerprint density at radius 2 is 0.981 bits per heavy atom. The Labute approximate surface area is 312 Å². The van der Waals surface area contributed by atoms with Crippen molar-refractivity contribution in [3.05, 3.63) is 119 Å².